The summed E-state index contributed by atoms with van der Waals surface area (Å²) in [6, 6.07) is -0.0343. The fourth-order valence-corrected chi connectivity index (χ4v) is 2.20. The van der Waals surface area contributed by atoms with Crippen molar-refractivity contribution in [2.45, 2.75) is 52.7 Å². The Morgan fingerprint density at radius 3 is 2.50 bits per heavy atom. The normalized spacial score (nSPS) is 14.3. The van der Waals surface area contributed by atoms with Crippen LogP contribution < -0.4 is 5.32 Å². The van der Waals surface area contributed by atoms with Gasteiger partial charge in [0, 0.05) is 38.4 Å². The second kappa shape index (κ2) is 7.43. The smallest absolute Gasteiger partial charge is 0.239 e. The van der Waals surface area contributed by atoms with Crippen molar-refractivity contribution < 1.29 is 4.79 Å². The van der Waals surface area contributed by atoms with Gasteiger partial charge in [0.25, 0.3) is 0 Å². The van der Waals surface area contributed by atoms with Gasteiger partial charge in [0.15, 0.2) is 0 Å². The van der Waals surface area contributed by atoms with Crippen LogP contribution in [0.2, 0.25) is 0 Å². The van der Waals surface area contributed by atoms with Gasteiger partial charge in [-0.05, 0) is 26.2 Å². The molecule has 20 heavy (non-hydrogen) atoms. The number of hydrogen-bond donors (Lipinski definition) is 1. The van der Waals surface area contributed by atoms with Crippen LogP contribution in [0, 0.1) is 5.92 Å². The molecule has 1 rings (SSSR count). The molecule has 5 heteroatoms. The molecule has 1 heterocycles. The van der Waals surface area contributed by atoms with Gasteiger partial charge in [0.2, 0.25) is 5.91 Å². The third-order valence-electron chi connectivity index (χ3n) is 3.37. The van der Waals surface area contributed by atoms with Gasteiger partial charge in [-0.15, -0.1) is 0 Å². The van der Waals surface area contributed by atoms with Gasteiger partial charge in [-0.1, -0.05) is 13.8 Å². The number of likely N-dealkylation sites (N-methyl/N-ethyl adjacent to an activating group) is 1. The average Bonchev–Trinajstić information content (AvgIpc) is 2.85. The van der Waals surface area contributed by atoms with Crippen molar-refractivity contribution in [3.8, 4) is 0 Å². The highest BCUT2D eigenvalue weighted by Crippen LogP contribution is 2.15. The quantitative estimate of drug-likeness (QED) is 0.831. The first-order valence-electron chi connectivity index (χ1n) is 7.34. The standard InChI is InChI=1S/C15H28N4O/c1-7-19-10-13(9-16-19)12(4)17-14(8-11(2)3)15(20)18(5)6/h9-12,14,17H,7-8H2,1-6H3. The monoisotopic (exact) mass is 280 g/mol. The maximum Gasteiger partial charge on any atom is 0.239 e. The lowest BCUT2D eigenvalue weighted by atomic mass is 10.0. The number of nitrogens with one attached hydrogen (secondary N) is 1. The summed E-state index contributed by atoms with van der Waals surface area (Å²) in [6.07, 6.45) is 4.74. The minimum absolute atomic E-state index is 0.114. The number of aryl methyl sites for hydroxylation is 1. The average molecular weight is 280 g/mol. The summed E-state index contributed by atoms with van der Waals surface area (Å²) in [6.45, 7) is 9.27. The summed E-state index contributed by atoms with van der Waals surface area (Å²) in [5.41, 5.74) is 1.12. The highest BCUT2D eigenvalue weighted by Gasteiger charge is 2.23. The van der Waals surface area contributed by atoms with Crippen molar-refractivity contribution in [1.29, 1.82) is 0 Å². The first kappa shape index (κ1) is 16.7. The highest BCUT2D eigenvalue weighted by atomic mass is 16.2. The van der Waals surface area contributed by atoms with E-state index < -0.39 is 0 Å². The van der Waals surface area contributed by atoms with E-state index in [1.165, 1.54) is 0 Å². The maximum absolute atomic E-state index is 12.2. The molecule has 5 nitrogen and oxygen atoms in total. The Hall–Kier alpha value is -1.36. The van der Waals surface area contributed by atoms with E-state index in [0.29, 0.717) is 5.92 Å². The summed E-state index contributed by atoms with van der Waals surface area (Å²) >= 11 is 0. The van der Waals surface area contributed by atoms with Crippen molar-refractivity contribution in [2.75, 3.05) is 14.1 Å². The molecule has 2 unspecified atom stereocenters. The molecule has 1 aromatic rings. The first-order chi connectivity index (χ1) is 9.35. The molecule has 0 aliphatic carbocycles. The number of carbonyl (C=O) groups is 1. The van der Waals surface area contributed by atoms with Crippen molar-refractivity contribution in [3.05, 3.63) is 18.0 Å². The number of amides is 1. The Kier molecular flexibility index (Phi) is 6.20. The molecule has 0 saturated heterocycles. The van der Waals surface area contributed by atoms with E-state index in [1.54, 1.807) is 19.0 Å². The van der Waals surface area contributed by atoms with E-state index in [1.807, 2.05) is 17.1 Å². The van der Waals surface area contributed by atoms with Gasteiger partial charge in [-0.2, -0.15) is 5.10 Å². The van der Waals surface area contributed by atoms with Gasteiger partial charge >= 0.3 is 0 Å². The molecule has 1 aromatic heterocycles. The predicted molar refractivity (Wildman–Crippen MR) is 81.4 cm³/mol. The minimum Gasteiger partial charge on any atom is -0.347 e. The largest absolute Gasteiger partial charge is 0.347 e. The Morgan fingerprint density at radius 1 is 1.40 bits per heavy atom. The second-order valence-corrected chi connectivity index (χ2v) is 5.93. The molecule has 0 bridgehead atoms. The van der Waals surface area contributed by atoms with Crippen LogP contribution in [0.15, 0.2) is 12.4 Å². The summed E-state index contributed by atoms with van der Waals surface area (Å²) < 4.78 is 1.90. The zero-order chi connectivity index (χ0) is 15.3. The lowest BCUT2D eigenvalue weighted by Crippen LogP contribution is -2.45. The Morgan fingerprint density at radius 2 is 2.05 bits per heavy atom. The van der Waals surface area contributed by atoms with Gasteiger partial charge in [0.1, 0.15) is 0 Å². The van der Waals surface area contributed by atoms with Crippen LogP contribution in [0.25, 0.3) is 0 Å². The Bertz CT molecular complexity index is 425. The number of carbonyl (C=O) groups excluding carboxylic acids is 1. The summed E-state index contributed by atoms with van der Waals surface area (Å²) in [5.74, 6) is 0.607. The Balaban J connectivity index is 2.75. The van der Waals surface area contributed by atoms with Crippen molar-refractivity contribution in [2.24, 2.45) is 5.92 Å². The van der Waals surface area contributed by atoms with E-state index in [0.717, 1.165) is 18.5 Å². The predicted octanol–water partition coefficient (Wildman–Crippen LogP) is 2.06. The van der Waals surface area contributed by atoms with E-state index in [2.05, 4.69) is 38.1 Å². The van der Waals surface area contributed by atoms with Gasteiger partial charge in [-0.25, -0.2) is 0 Å². The Labute approximate surface area is 122 Å². The van der Waals surface area contributed by atoms with Crippen molar-refractivity contribution in [3.63, 3.8) is 0 Å². The molecule has 0 aromatic carbocycles. The van der Waals surface area contributed by atoms with E-state index in [-0.39, 0.29) is 18.0 Å². The van der Waals surface area contributed by atoms with Crippen molar-refractivity contribution in [1.82, 2.24) is 20.0 Å². The number of hydrogen-bond acceptors (Lipinski definition) is 3. The van der Waals surface area contributed by atoms with Crippen LogP contribution in [0.1, 0.15) is 45.7 Å². The lowest BCUT2D eigenvalue weighted by molar-refractivity contribution is -0.131. The highest BCUT2D eigenvalue weighted by molar-refractivity contribution is 5.81. The van der Waals surface area contributed by atoms with Crippen LogP contribution in [0.4, 0.5) is 0 Å². The topological polar surface area (TPSA) is 50.2 Å². The molecule has 0 fully saturated rings. The number of nitrogens with zero attached hydrogens (tertiary/aromatic N) is 3. The molecular weight excluding hydrogens is 252 g/mol. The van der Waals surface area contributed by atoms with E-state index >= 15 is 0 Å². The fourth-order valence-electron chi connectivity index (χ4n) is 2.20. The molecule has 114 valence electrons. The second-order valence-electron chi connectivity index (χ2n) is 5.93. The molecule has 1 amide bonds. The summed E-state index contributed by atoms with van der Waals surface area (Å²) in [5, 5.41) is 7.72. The summed E-state index contributed by atoms with van der Waals surface area (Å²) in [7, 11) is 3.61. The molecule has 0 spiro atoms. The molecular formula is C15H28N4O. The minimum atomic E-state index is -0.148. The summed E-state index contributed by atoms with van der Waals surface area (Å²) in [4.78, 5) is 13.9. The van der Waals surface area contributed by atoms with E-state index in [4.69, 9.17) is 0 Å². The third-order valence-corrected chi connectivity index (χ3v) is 3.37. The number of rotatable bonds is 7. The van der Waals surface area contributed by atoms with Crippen LogP contribution in [-0.2, 0) is 11.3 Å². The zero-order valence-corrected chi connectivity index (χ0v) is 13.6. The molecule has 0 radical (unpaired) electrons. The maximum atomic E-state index is 12.2. The van der Waals surface area contributed by atoms with Gasteiger partial charge in [-0.3, -0.25) is 14.8 Å². The van der Waals surface area contributed by atoms with Crippen LogP contribution in [-0.4, -0.2) is 40.7 Å². The van der Waals surface area contributed by atoms with Gasteiger partial charge in [0.05, 0.1) is 12.2 Å². The molecule has 0 saturated carbocycles. The number of aromatic nitrogens is 2. The third kappa shape index (κ3) is 4.63. The van der Waals surface area contributed by atoms with Crippen LogP contribution >= 0.6 is 0 Å². The molecule has 0 aliphatic rings. The van der Waals surface area contributed by atoms with E-state index in [9.17, 15) is 4.79 Å². The van der Waals surface area contributed by atoms with Gasteiger partial charge < -0.3 is 4.90 Å². The SMILES string of the molecule is CCn1cc(C(C)NC(CC(C)C)C(=O)N(C)C)cn1. The first-order valence-corrected chi connectivity index (χ1v) is 7.34. The fraction of sp³-hybridized carbons (Fsp3) is 0.733. The lowest BCUT2D eigenvalue weighted by Gasteiger charge is -2.26. The molecule has 0 aliphatic heterocycles. The van der Waals surface area contributed by atoms with Crippen LogP contribution in [0.3, 0.4) is 0 Å². The molecule has 1 N–H and O–H groups in total. The zero-order valence-electron chi connectivity index (χ0n) is 13.6. The van der Waals surface area contributed by atoms with Crippen molar-refractivity contribution >= 4 is 5.91 Å². The van der Waals surface area contributed by atoms with Crippen LogP contribution in [0.5, 0.6) is 0 Å². The molecule has 2 atom stereocenters.